The molecule has 0 saturated carbocycles. The molecule has 0 spiro atoms. The molecule has 1 aliphatic heterocycles. The smallest absolute Gasteiger partial charge is 0.165 e. The van der Waals surface area contributed by atoms with Crippen LogP contribution < -0.4 is 9.80 Å². The van der Waals surface area contributed by atoms with Gasteiger partial charge in [-0.05, 0) is 31.0 Å². The van der Waals surface area contributed by atoms with Crippen molar-refractivity contribution in [3.8, 4) is 0 Å². The molecule has 3 aromatic rings. The maximum atomic E-state index is 5.17. The van der Waals surface area contributed by atoms with E-state index < -0.39 is 0 Å². The van der Waals surface area contributed by atoms with E-state index in [1.54, 1.807) is 13.4 Å². The lowest BCUT2D eigenvalue weighted by atomic mass is 10.1. The first-order chi connectivity index (χ1) is 13.2. The highest BCUT2D eigenvalue weighted by Gasteiger charge is 2.22. The number of fused-ring (bicyclic) bond motifs is 1. The van der Waals surface area contributed by atoms with E-state index in [0.29, 0.717) is 6.61 Å². The summed E-state index contributed by atoms with van der Waals surface area (Å²) < 4.78 is 7.20. The van der Waals surface area contributed by atoms with E-state index in [1.807, 2.05) is 10.9 Å². The lowest BCUT2D eigenvalue weighted by Gasteiger charge is -2.37. The van der Waals surface area contributed by atoms with Crippen molar-refractivity contribution in [2.75, 3.05) is 49.7 Å². The third-order valence-electron chi connectivity index (χ3n) is 5.20. The molecular weight excluding hydrogens is 340 g/mol. The van der Waals surface area contributed by atoms with Crippen LogP contribution in [0.4, 0.5) is 11.5 Å². The average Bonchev–Trinajstić information content (AvgIpc) is 3.11. The van der Waals surface area contributed by atoms with Crippen molar-refractivity contribution in [2.24, 2.45) is 0 Å². The Morgan fingerprint density at radius 2 is 1.78 bits per heavy atom. The summed E-state index contributed by atoms with van der Waals surface area (Å²) in [4.78, 5) is 18.3. The van der Waals surface area contributed by atoms with Gasteiger partial charge >= 0.3 is 0 Å². The van der Waals surface area contributed by atoms with E-state index in [9.17, 15) is 0 Å². The summed E-state index contributed by atoms with van der Waals surface area (Å²) in [7, 11) is 1.70. The third kappa shape index (κ3) is 3.47. The molecule has 7 heteroatoms. The Bertz CT molecular complexity index is 929. The number of aromatic nitrogens is 4. The van der Waals surface area contributed by atoms with Gasteiger partial charge in [-0.1, -0.05) is 12.1 Å². The van der Waals surface area contributed by atoms with Crippen LogP contribution in [-0.4, -0.2) is 59.4 Å². The Morgan fingerprint density at radius 3 is 2.56 bits per heavy atom. The average molecular weight is 366 g/mol. The van der Waals surface area contributed by atoms with Gasteiger partial charge in [0.15, 0.2) is 17.0 Å². The van der Waals surface area contributed by atoms with Gasteiger partial charge in [0.1, 0.15) is 6.33 Å². The van der Waals surface area contributed by atoms with Crippen LogP contribution in [0.3, 0.4) is 0 Å². The molecule has 142 valence electrons. The number of aryl methyl sites for hydroxylation is 2. The number of anilines is 2. The highest BCUT2D eigenvalue weighted by molar-refractivity contribution is 5.83. The second kappa shape index (κ2) is 7.52. The molecule has 2 aromatic heterocycles. The molecule has 4 rings (SSSR count). The normalized spacial score (nSPS) is 14.9. The Balaban J connectivity index is 1.53. The molecule has 1 aromatic carbocycles. The number of ether oxygens (including phenoxy) is 1. The van der Waals surface area contributed by atoms with Crippen LogP contribution in [0.1, 0.15) is 11.1 Å². The molecule has 0 aliphatic carbocycles. The fraction of sp³-hybridized carbons (Fsp3) is 0.450. The quantitative estimate of drug-likeness (QED) is 0.691. The molecule has 0 unspecified atom stereocenters. The number of imidazole rings is 1. The Morgan fingerprint density at radius 1 is 1.00 bits per heavy atom. The van der Waals surface area contributed by atoms with Gasteiger partial charge in [-0.2, -0.15) is 0 Å². The lowest BCUT2D eigenvalue weighted by molar-refractivity contribution is 0.188. The van der Waals surface area contributed by atoms with Crippen molar-refractivity contribution in [3.63, 3.8) is 0 Å². The van der Waals surface area contributed by atoms with Gasteiger partial charge in [0.05, 0.1) is 12.9 Å². The molecule has 1 saturated heterocycles. The van der Waals surface area contributed by atoms with Crippen molar-refractivity contribution in [1.82, 2.24) is 19.5 Å². The number of methoxy groups -OCH3 is 1. The summed E-state index contributed by atoms with van der Waals surface area (Å²) in [6, 6.07) is 6.66. The minimum absolute atomic E-state index is 0.638. The van der Waals surface area contributed by atoms with Crippen LogP contribution in [0.15, 0.2) is 30.9 Å². The predicted molar refractivity (Wildman–Crippen MR) is 108 cm³/mol. The monoisotopic (exact) mass is 366 g/mol. The molecule has 7 nitrogen and oxygen atoms in total. The van der Waals surface area contributed by atoms with Crippen molar-refractivity contribution in [1.29, 1.82) is 0 Å². The second-order valence-electron chi connectivity index (χ2n) is 7.06. The standard InChI is InChI=1S/C20H26N6O/c1-15-4-5-16(2)17(12-15)24-6-8-25(9-7-24)19-18-20(22-13-21-19)26(14-23-18)10-11-27-3/h4-5,12-14H,6-11H2,1-3H3. The Labute approximate surface area is 159 Å². The molecule has 27 heavy (non-hydrogen) atoms. The lowest BCUT2D eigenvalue weighted by Crippen LogP contribution is -2.47. The van der Waals surface area contributed by atoms with Gasteiger partial charge in [-0.25, -0.2) is 15.0 Å². The zero-order chi connectivity index (χ0) is 18.8. The minimum Gasteiger partial charge on any atom is -0.383 e. The fourth-order valence-corrected chi connectivity index (χ4v) is 3.67. The number of rotatable bonds is 5. The van der Waals surface area contributed by atoms with Gasteiger partial charge in [-0.15, -0.1) is 0 Å². The highest BCUT2D eigenvalue weighted by atomic mass is 16.5. The molecule has 1 aliphatic rings. The molecule has 0 amide bonds. The molecule has 0 N–H and O–H groups in total. The van der Waals surface area contributed by atoms with Gasteiger partial charge < -0.3 is 19.1 Å². The first-order valence-corrected chi connectivity index (χ1v) is 9.39. The van der Waals surface area contributed by atoms with Gasteiger partial charge in [-0.3, -0.25) is 0 Å². The summed E-state index contributed by atoms with van der Waals surface area (Å²) in [6.45, 7) is 9.50. The number of hydrogen-bond acceptors (Lipinski definition) is 6. The fourth-order valence-electron chi connectivity index (χ4n) is 3.67. The summed E-state index contributed by atoms with van der Waals surface area (Å²) >= 11 is 0. The van der Waals surface area contributed by atoms with Gasteiger partial charge in [0.25, 0.3) is 0 Å². The summed E-state index contributed by atoms with van der Waals surface area (Å²) in [5.74, 6) is 0.928. The SMILES string of the molecule is COCCn1cnc2c(N3CCN(c4cc(C)ccc4C)CC3)ncnc21. The molecule has 0 radical (unpaired) electrons. The highest BCUT2D eigenvalue weighted by Crippen LogP contribution is 2.26. The summed E-state index contributed by atoms with van der Waals surface area (Å²) in [6.07, 6.45) is 3.47. The van der Waals surface area contributed by atoms with E-state index >= 15 is 0 Å². The van der Waals surface area contributed by atoms with Crippen molar-refractivity contribution >= 4 is 22.7 Å². The van der Waals surface area contributed by atoms with E-state index in [2.05, 4.69) is 56.8 Å². The topological polar surface area (TPSA) is 59.3 Å². The van der Waals surface area contributed by atoms with E-state index in [1.165, 1.54) is 16.8 Å². The minimum atomic E-state index is 0.638. The number of hydrogen-bond donors (Lipinski definition) is 0. The molecular formula is C20H26N6O. The van der Waals surface area contributed by atoms with E-state index in [-0.39, 0.29) is 0 Å². The van der Waals surface area contributed by atoms with Crippen molar-refractivity contribution in [2.45, 2.75) is 20.4 Å². The Hall–Kier alpha value is -2.67. The second-order valence-corrected chi connectivity index (χ2v) is 7.06. The van der Waals surface area contributed by atoms with Crippen LogP contribution in [-0.2, 0) is 11.3 Å². The number of benzene rings is 1. The van der Waals surface area contributed by atoms with Crippen molar-refractivity contribution in [3.05, 3.63) is 42.0 Å². The Kier molecular flexibility index (Phi) is 4.94. The maximum Gasteiger partial charge on any atom is 0.165 e. The van der Waals surface area contributed by atoms with Crippen LogP contribution in [0.2, 0.25) is 0 Å². The summed E-state index contributed by atoms with van der Waals surface area (Å²) in [5.41, 5.74) is 5.71. The van der Waals surface area contributed by atoms with Crippen LogP contribution in [0.5, 0.6) is 0 Å². The predicted octanol–water partition coefficient (Wildman–Crippen LogP) is 2.42. The molecule has 1 fully saturated rings. The first-order valence-electron chi connectivity index (χ1n) is 9.39. The number of piperazine rings is 1. The zero-order valence-corrected chi connectivity index (χ0v) is 16.2. The zero-order valence-electron chi connectivity index (χ0n) is 16.2. The molecule has 0 atom stereocenters. The van der Waals surface area contributed by atoms with Crippen LogP contribution in [0.25, 0.3) is 11.2 Å². The van der Waals surface area contributed by atoms with E-state index in [0.717, 1.165) is 49.7 Å². The summed E-state index contributed by atoms with van der Waals surface area (Å²) in [5, 5.41) is 0. The number of nitrogens with zero attached hydrogens (tertiary/aromatic N) is 6. The van der Waals surface area contributed by atoms with Crippen molar-refractivity contribution < 1.29 is 4.74 Å². The van der Waals surface area contributed by atoms with Crippen LogP contribution >= 0.6 is 0 Å². The third-order valence-corrected chi connectivity index (χ3v) is 5.20. The van der Waals surface area contributed by atoms with Gasteiger partial charge in [0.2, 0.25) is 0 Å². The van der Waals surface area contributed by atoms with Crippen LogP contribution in [0, 0.1) is 13.8 Å². The largest absolute Gasteiger partial charge is 0.383 e. The molecule has 3 heterocycles. The van der Waals surface area contributed by atoms with E-state index in [4.69, 9.17) is 4.74 Å². The maximum absolute atomic E-state index is 5.17. The molecule has 0 bridgehead atoms. The first kappa shape index (κ1) is 17.7. The van der Waals surface area contributed by atoms with Gasteiger partial charge in [0, 0.05) is 45.5 Å².